The first-order valence-corrected chi connectivity index (χ1v) is 4.07. The molecule has 1 aliphatic rings. The largest absolute Gasteiger partial charge is 0.379 e. The molecule has 3 heteroatoms. The molecule has 0 aromatic carbocycles. The topological polar surface area (TPSA) is 32.7 Å². The van der Waals surface area contributed by atoms with Gasteiger partial charge in [0.15, 0.2) is 0 Å². The minimum atomic E-state index is -0.885. The molecular formula is C8H16NO2. The van der Waals surface area contributed by atoms with E-state index in [-0.39, 0.29) is 0 Å². The fraction of sp³-hybridized carbons (Fsp3) is 0.875. The van der Waals surface area contributed by atoms with E-state index in [9.17, 15) is 5.11 Å². The van der Waals surface area contributed by atoms with Crippen molar-refractivity contribution in [3.05, 3.63) is 6.92 Å². The van der Waals surface area contributed by atoms with Crippen molar-refractivity contribution in [3.8, 4) is 0 Å². The maximum absolute atomic E-state index is 9.71. The fourth-order valence-corrected chi connectivity index (χ4v) is 1.20. The Bertz CT molecular complexity index is 119. The molecule has 1 aliphatic heterocycles. The molecule has 0 aromatic rings. The first-order valence-electron chi connectivity index (χ1n) is 4.07. The maximum atomic E-state index is 9.71. The SMILES string of the molecule is [CH2]C(O)(CC)N1CCOCC1. The van der Waals surface area contributed by atoms with Crippen LogP contribution in [-0.2, 0) is 4.74 Å². The molecule has 1 heterocycles. The average molecular weight is 158 g/mol. The third-order valence-electron chi connectivity index (χ3n) is 2.17. The lowest BCUT2D eigenvalue weighted by Gasteiger charge is -2.38. The number of morpholine rings is 1. The molecule has 11 heavy (non-hydrogen) atoms. The van der Waals surface area contributed by atoms with Crippen LogP contribution in [0.5, 0.6) is 0 Å². The summed E-state index contributed by atoms with van der Waals surface area (Å²) < 4.78 is 5.16. The van der Waals surface area contributed by atoms with Gasteiger partial charge in [-0.2, -0.15) is 0 Å². The van der Waals surface area contributed by atoms with E-state index in [4.69, 9.17) is 4.74 Å². The van der Waals surface area contributed by atoms with E-state index in [2.05, 4.69) is 6.92 Å². The van der Waals surface area contributed by atoms with Gasteiger partial charge < -0.3 is 9.84 Å². The van der Waals surface area contributed by atoms with E-state index < -0.39 is 5.72 Å². The lowest BCUT2D eigenvalue weighted by molar-refractivity contribution is -0.113. The first kappa shape index (κ1) is 8.97. The third-order valence-corrected chi connectivity index (χ3v) is 2.17. The molecule has 1 atom stereocenters. The quantitative estimate of drug-likeness (QED) is 0.625. The van der Waals surface area contributed by atoms with Gasteiger partial charge in [-0.25, -0.2) is 0 Å². The summed E-state index contributed by atoms with van der Waals surface area (Å²) in [7, 11) is 0. The Labute approximate surface area is 68.0 Å². The molecule has 0 spiro atoms. The number of hydrogen-bond donors (Lipinski definition) is 1. The number of hydrogen-bond acceptors (Lipinski definition) is 3. The molecule has 1 unspecified atom stereocenters. The molecule has 65 valence electrons. The zero-order valence-corrected chi connectivity index (χ0v) is 7.05. The van der Waals surface area contributed by atoms with Gasteiger partial charge >= 0.3 is 0 Å². The van der Waals surface area contributed by atoms with Crippen molar-refractivity contribution in [2.45, 2.75) is 19.1 Å². The van der Waals surface area contributed by atoms with Crippen molar-refractivity contribution < 1.29 is 9.84 Å². The minimum absolute atomic E-state index is 0.660. The van der Waals surface area contributed by atoms with Crippen LogP contribution in [-0.4, -0.2) is 42.0 Å². The van der Waals surface area contributed by atoms with Crippen LogP contribution in [0.4, 0.5) is 0 Å². The van der Waals surface area contributed by atoms with Crippen LogP contribution < -0.4 is 0 Å². The van der Waals surface area contributed by atoms with Crippen molar-refractivity contribution in [2.24, 2.45) is 0 Å². The molecule has 0 aromatic heterocycles. The summed E-state index contributed by atoms with van der Waals surface area (Å²) in [5.41, 5.74) is -0.885. The molecule has 0 saturated carbocycles. The van der Waals surface area contributed by atoms with E-state index in [1.165, 1.54) is 0 Å². The number of ether oxygens (including phenoxy) is 1. The molecule has 3 nitrogen and oxygen atoms in total. The molecule has 0 aliphatic carbocycles. The van der Waals surface area contributed by atoms with E-state index in [1.807, 2.05) is 11.8 Å². The van der Waals surface area contributed by atoms with E-state index in [1.54, 1.807) is 0 Å². The van der Waals surface area contributed by atoms with E-state index in [0.29, 0.717) is 19.6 Å². The molecule has 0 bridgehead atoms. The van der Waals surface area contributed by atoms with Gasteiger partial charge in [0.2, 0.25) is 0 Å². The number of rotatable bonds is 2. The van der Waals surface area contributed by atoms with Crippen molar-refractivity contribution >= 4 is 0 Å². The van der Waals surface area contributed by atoms with Crippen molar-refractivity contribution in [1.82, 2.24) is 4.90 Å². The van der Waals surface area contributed by atoms with E-state index >= 15 is 0 Å². The molecule has 1 N–H and O–H groups in total. The summed E-state index contributed by atoms with van der Waals surface area (Å²) in [6.07, 6.45) is 0.660. The van der Waals surface area contributed by atoms with Gasteiger partial charge in [-0.05, 0) is 13.3 Å². The summed E-state index contributed by atoms with van der Waals surface area (Å²) in [4.78, 5) is 1.95. The predicted octanol–water partition coefficient (Wildman–Crippen LogP) is 0.251. The number of aliphatic hydroxyl groups is 1. The monoisotopic (exact) mass is 158 g/mol. The lowest BCUT2D eigenvalue weighted by Crippen LogP contribution is -2.51. The Morgan fingerprint density at radius 2 is 2.09 bits per heavy atom. The molecule has 0 amide bonds. The molecule has 1 rings (SSSR count). The van der Waals surface area contributed by atoms with Gasteiger partial charge in [0.1, 0.15) is 5.72 Å². The predicted molar refractivity (Wildman–Crippen MR) is 43.0 cm³/mol. The van der Waals surface area contributed by atoms with Gasteiger partial charge in [-0.3, -0.25) is 4.90 Å². The van der Waals surface area contributed by atoms with Crippen LogP contribution in [0, 0.1) is 6.92 Å². The lowest BCUT2D eigenvalue weighted by atomic mass is 10.1. The molecule has 1 saturated heterocycles. The van der Waals surface area contributed by atoms with Gasteiger partial charge in [0.05, 0.1) is 13.2 Å². The van der Waals surface area contributed by atoms with Gasteiger partial charge in [-0.15, -0.1) is 0 Å². The second-order valence-corrected chi connectivity index (χ2v) is 2.94. The second-order valence-electron chi connectivity index (χ2n) is 2.94. The van der Waals surface area contributed by atoms with Gasteiger partial charge in [0, 0.05) is 13.1 Å². The Hall–Kier alpha value is -0.120. The van der Waals surface area contributed by atoms with Crippen LogP contribution in [0.3, 0.4) is 0 Å². The Balaban J connectivity index is 2.43. The highest BCUT2D eigenvalue weighted by molar-refractivity contribution is 4.81. The molecule has 1 radical (unpaired) electrons. The van der Waals surface area contributed by atoms with Gasteiger partial charge in [-0.1, -0.05) is 6.92 Å². The standard InChI is InChI=1S/C8H16NO2/c1-3-8(2,10)9-4-6-11-7-5-9/h10H,2-7H2,1H3. The maximum Gasteiger partial charge on any atom is 0.118 e. The van der Waals surface area contributed by atoms with E-state index in [0.717, 1.165) is 13.1 Å². The van der Waals surface area contributed by atoms with Crippen molar-refractivity contribution in [3.63, 3.8) is 0 Å². The summed E-state index contributed by atoms with van der Waals surface area (Å²) in [5, 5.41) is 9.71. The Morgan fingerprint density at radius 1 is 1.55 bits per heavy atom. The Kier molecular flexibility index (Phi) is 2.87. The summed E-state index contributed by atoms with van der Waals surface area (Å²) in [6, 6.07) is 0. The van der Waals surface area contributed by atoms with Crippen molar-refractivity contribution in [1.29, 1.82) is 0 Å². The smallest absolute Gasteiger partial charge is 0.118 e. The highest BCUT2D eigenvalue weighted by atomic mass is 16.5. The average Bonchev–Trinajstić information content (AvgIpc) is 2.06. The zero-order valence-electron chi connectivity index (χ0n) is 7.05. The van der Waals surface area contributed by atoms with Crippen LogP contribution >= 0.6 is 0 Å². The molecular weight excluding hydrogens is 142 g/mol. The first-order chi connectivity index (χ1) is 5.17. The minimum Gasteiger partial charge on any atom is -0.379 e. The third kappa shape index (κ3) is 2.15. The van der Waals surface area contributed by atoms with Gasteiger partial charge in [0.25, 0.3) is 0 Å². The second kappa shape index (κ2) is 3.52. The Morgan fingerprint density at radius 3 is 2.55 bits per heavy atom. The van der Waals surface area contributed by atoms with Crippen LogP contribution in [0.15, 0.2) is 0 Å². The number of nitrogens with zero attached hydrogens (tertiary/aromatic N) is 1. The zero-order chi connectivity index (χ0) is 8.32. The summed E-state index contributed by atoms with van der Waals surface area (Å²) >= 11 is 0. The summed E-state index contributed by atoms with van der Waals surface area (Å²) in [5.74, 6) is 0. The van der Waals surface area contributed by atoms with Crippen molar-refractivity contribution in [2.75, 3.05) is 26.3 Å². The summed E-state index contributed by atoms with van der Waals surface area (Å²) in [6.45, 7) is 8.65. The highest BCUT2D eigenvalue weighted by Crippen LogP contribution is 2.15. The fourth-order valence-electron chi connectivity index (χ4n) is 1.20. The van der Waals surface area contributed by atoms with Crippen LogP contribution in [0.25, 0.3) is 0 Å². The van der Waals surface area contributed by atoms with Crippen LogP contribution in [0.1, 0.15) is 13.3 Å². The highest BCUT2D eigenvalue weighted by Gasteiger charge is 2.28. The molecule has 1 fully saturated rings. The van der Waals surface area contributed by atoms with Crippen LogP contribution in [0.2, 0.25) is 0 Å². The normalized spacial score (nSPS) is 26.5.